The van der Waals surface area contributed by atoms with Gasteiger partial charge in [-0.15, -0.1) is 0 Å². The number of halogens is 2. The quantitative estimate of drug-likeness (QED) is 0.562. The smallest absolute Gasteiger partial charge is 0.288 e. The van der Waals surface area contributed by atoms with Crippen molar-refractivity contribution in [3.05, 3.63) is 54.1 Å². The molecule has 2 aromatic carbocycles. The van der Waals surface area contributed by atoms with Crippen molar-refractivity contribution in [3.8, 4) is 0 Å². The van der Waals surface area contributed by atoms with Crippen molar-refractivity contribution < 1.29 is 8.78 Å². The Hall–Kier alpha value is -1.66. The standard InChI is InChI=1S/C17H18F2N2S2/c1-3-21(15-7-5-4-6-12(15)2)17(22)20-13-8-10-14(11-9-13)23-16(18)19/h4-11,16H,3H2,1-2H3,(H,20,22). The summed E-state index contributed by atoms with van der Waals surface area (Å²) in [6.07, 6.45) is 0. The van der Waals surface area contributed by atoms with Crippen LogP contribution in [0.2, 0.25) is 0 Å². The largest absolute Gasteiger partial charge is 0.332 e. The second kappa shape index (κ2) is 8.26. The fourth-order valence-electron chi connectivity index (χ4n) is 2.20. The Bertz CT molecular complexity index is 660. The third-order valence-corrected chi connectivity index (χ3v) is 4.34. The van der Waals surface area contributed by atoms with Crippen LogP contribution in [0.25, 0.3) is 0 Å². The molecule has 23 heavy (non-hydrogen) atoms. The highest BCUT2D eigenvalue weighted by molar-refractivity contribution is 7.99. The lowest BCUT2D eigenvalue weighted by Crippen LogP contribution is -2.35. The number of nitrogens with one attached hydrogen (secondary N) is 1. The molecule has 2 nitrogen and oxygen atoms in total. The first-order valence-electron chi connectivity index (χ1n) is 7.20. The van der Waals surface area contributed by atoms with Gasteiger partial charge in [-0.3, -0.25) is 0 Å². The molecular weight excluding hydrogens is 334 g/mol. The van der Waals surface area contributed by atoms with E-state index >= 15 is 0 Å². The summed E-state index contributed by atoms with van der Waals surface area (Å²) in [4.78, 5) is 2.54. The maximum Gasteiger partial charge on any atom is 0.288 e. The van der Waals surface area contributed by atoms with Crippen molar-refractivity contribution >= 4 is 40.5 Å². The van der Waals surface area contributed by atoms with Gasteiger partial charge in [-0.25, -0.2) is 0 Å². The molecule has 0 spiro atoms. The van der Waals surface area contributed by atoms with Gasteiger partial charge in [0.25, 0.3) is 5.76 Å². The van der Waals surface area contributed by atoms with Crippen molar-refractivity contribution in [1.29, 1.82) is 0 Å². The predicted octanol–water partition coefficient (Wildman–Crippen LogP) is 5.53. The number of para-hydroxylation sites is 1. The molecule has 0 fully saturated rings. The molecule has 0 radical (unpaired) electrons. The Morgan fingerprint density at radius 2 is 1.83 bits per heavy atom. The average Bonchev–Trinajstić information content (AvgIpc) is 2.51. The van der Waals surface area contributed by atoms with Gasteiger partial charge in [-0.1, -0.05) is 30.0 Å². The Labute approximate surface area is 144 Å². The van der Waals surface area contributed by atoms with E-state index in [0.717, 1.165) is 23.5 Å². The molecule has 0 bridgehead atoms. The van der Waals surface area contributed by atoms with Gasteiger partial charge < -0.3 is 10.2 Å². The highest BCUT2D eigenvalue weighted by atomic mass is 32.2. The number of alkyl halides is 2. The first-order valence-corrected chi connectivity index (χ1v) is 8.49. The average molecular weight is 352 g/mol. The molecule has 0 heterocycles. The maximum atomic E-state index is 12.3. The minimum atomic E-state index is -2.41. The summed E-state index contributed by atoms with van der Waals surface area (Å²) in [6.45, 7) is 4.80. The molecule has 0 saturated carbocycles. The second-order valence-corrected chi connectivity index (χ2v) is 6.31. The SMILES string of the molecule is CCN(C(=S)Nc1ccc(SC(F)F)cc1)c1ccccc1C. The van der Waals surface area contributed by atoms with Gasteiger partial charge >= 0.3 is 0 Å². The Balaban J connectivity index is 2.09. The third-order valence-electron chi connectivity index (χ3n) is 3.30. The van der Waals surface area contributed by atoms with E-state index in [2.05, 4.69) is 5.32 Å². The van der Waals surface area contributed by atoms with Crippen LogP contribution in [-0.2, 0) is 0 Å². The molecular formula is C17H18F2N2S2. The van der Waals surface area contributed by atoms with Gasteiger partial charge in [-0.2, -0.15) is 8.78 Å². The van der Waals surface area contributed by atoms with E-state index in [1.54, 1.807) is 24.3 Å². The number of nitrogens with zero attached hydrogens (tertiary/aromatic N) is 1. The van der Waals surface area contributed by atoms with Gasteiger partial charge in [0, 0.05) is 22.8 Å². The summed E-state index contributed by atoms with van der Waals surface area (Å²) in [5, 5.41) is 3.74. The molecule has 2 rings (SSSR count). The highest BCUT2D eigenvalue weighted by Crippen LogP contribution is 2.26. The zero-order valence-electron chi connectivity index (χ0n) is 12.9. The number of thiocarbonyl (C=S) groups is 1. The Morgan fingerprint density at radius 3 is 2.39 bits per heavy atom. The summed E-state index contributed by atoms with van der Waals surface area (Å²) in [7, 11) is 0. The lowest BCUT2D eigenvalue weighted by molar-refractivity contribution is 0.252. The lowest BCUT2D eigenvalue weighted by atomic mass is 10.2. The molecule has 1 N–H and O–H groups in total. The molecule has 2 aromatic rings. The van der Waals surface area contributed by atoms with Gasteiger partial charge in [0.2, 0.25) is 0 Å². The molecule has 0 aliphatic rings. The second-order valence-electron chi connectivity index (χ2n) is 4.86. The summed E-state index contributed by atoms with van der Waals surface area (Å²) in [5.41, 5.74) is 2.97. The van der Waals surface area contributed by atoms with Crippen LogP contribution in [0.5, 0.6) is 0 Å². The molecule has 0 aliphatic heterocycles. The summed E-state index contributed by atoms with van der Waals surface area (Å²) in [5.74, 6) is -2.41. The van der Waals surface area contributed by atoms with Crippen molar-refractivity contribution in [3.63, 3.8) is 0 Å². The van der Waals surface area contributed by atoms with Crippen molar-refractivity contribution in [2.75, 3.05) is 16.8 Å². The van der Waals surface area contributed by atoms with Crippen LogP contribution in [-0.4, -0.2) is 17.4 Å². The molecule has 0 atom stereocenters. The first kappa shape index (κ1) is 17.7. The fraction of sp³-hybridized carbons (Fsp3) is 0.235. The number of thioether (sulfide) groups is 1. The number of aryl methyl sites for hydroxylation is 1. The lowest BCUT2D eigenvalue weighted by Gasteiger charge is -2.26. The van der Waals surface area contributed by atoms with Gasteiger partial charge in [0.05, 0.1) is 0 Å². The zero-order chi connectivity index (χ0) is 16.8. The van der Waals surface area contributed by atoms with Crippen LogP contribution in [0.3, 0.4) is 0 Å². The number of hydrogen-bond acceptors (Lipinski definition) is 2. The normalized spacial score (nSPS) is 10.7. The molecule has 0 amide bonds. The topological polar surface area (TPSA) is 15.3 Å². The van der Waals surface area contributed by atoms with E-state index in [9.17, 15) is 8.78 Å². The van der Waals surface area contributed by atoms with Gasteiger partial charge in [-0.05, 0) is 62.0 Å². The monoisotopic (exact) mass is 352 g/mol. The summed E-state index contributed by atoms with van der Waals surface area (Å²) < 4.78 is 24.7. The van der Waals surface area contributed by atoms with Crippen LogP contribution in [0.1, 0.15) is 12.5 Å². The predicted molar refractivity (Wildman–Crippen MR) is 98.7 cm³/mol. The molecule has 0 aromatic heterocycles. The molecule has 6 heteroatoms. The van der Waals surface area contributed by atoms with Gasteiger partial charge in [0.15, 0.2) is 5.11 Å². The van der Waals surface area contributed by atoms with E-state index < -0.39 is 5.76 Å². The van der Waals surface area contributed by atoms with E-state index in [1.807, 2.05) is 43.0 Å². The minimum absolute atomic E-state index is 0.530. The van der Waals surface area contributed by atoms with Crippen LogP contribution in [0.4, 0.5) is 20.2 Å². The van der Waals surface area contributed by atoms with Crippen LogP contribution < -0.4 is 10.2 Å². The minimum Gasteiger partial charge on any atom is -0.332 e. The molecule has 0 unspecified atom stereocenters. The van der Waals surface area contributed by atoms with E-state index in [-0.39, 0.29) is 0 Å². The highest BCUT2D eigenvalue weighted by Gasteiger charge is 2.12. The van der Waals surface area contributed by atoms with E-state index in [1.165, 1.54) is 0 Å². The number of benzene rings is 2. The number of anilines is 2. The van der Waals surface area contributed by atoms with Crippen LogP contribution in [0.15, 0.2) is 53.4 Å². The van der Waals surface area contributed by atoms with Crippen LogP contribution >= 0.6 is 24.0 Å². The van der Waals surface area contributed by atoms with Crippen molar-refractivity contribution in [2.24, 2.45) is 0 Å². The zero-order valence-corrected chi connectivity index (χ0v) is 14.6. The Kier molecular flexibility index (Phi) is 6.36. The van der Waals surface area contributed by atoms with E-state index in [4.69, 9.17) is 12.2 Å². The van der Waals surface area contributed by atoms with Crippen LogP contribution in [0, 0.1) is 6.92 Å². The first-order chi connectivity index (χ1) is 11.0. The van der Waals surface area contributed by atoms with Gasteiger partial charge in [0.1, 0.15) is 0 Å². The van der Waals surface area contributed by atoms with Crippen molar-refractivity contribution in [1.82, 2.24) is 0 Å². The molecule has 122 valence electrons. The Morgan fingerprint density at radius 1 is 1.17 bits per heavy atom. The maximum absolute atomic E-state index is 12.3. The van der Waals surface area contributed by atoms with Crippen molar-refractivity contribution in [2.45, 2.75) is 24.5 Å². The number of rotatable bonds is 5. The van der Waals surface area contributed by atoms with E-state index in [0.29, 0.717) is 21.8 Å². The number of hydrogen-bond donors (Lipinski definition) is 1. The third kappa shape index (κ3) is 4.91. The fourth-order valence-corrected chi connectivity index (χ4v) is 3.04. The summed E-state index contributed by atoms with van der Waals surface area (Å²) in [6, 6.07) is 14.8. The molecule has 0 saturated heterocycles. The molecule has 0 aliphatic carbocycles. The summed E-state index contributed by atoms with van der Waals surface area (Å²) >= 11 is 6.02.